The second kappa shape index (κ2) is 5.97. The summed E-state index contributed by atoms with van der Waals surface area (Å²) in [6, 6.07) is 4.19. The lowest BCUT2D eigenvalue weighted by atomic mass is 10.1. The molecule has 1 aliphatic rings. The van der Waals surface area contributed by atoms with Crippen molar-refractivity contribution in [3.63, 3.8) is 0 Å². The molecule has 0 amide bonds. The first kappa shape index (κ1) is 15.1. The van der Waals surface area contributed by atoms with E-state index in [2.05, 4.69) is 4.72 Å². The Morgan fingerprint density at radius 2 is 2.00 bits per heavy atom. The van der Waals surface area contributed by atoms with E-state index in [1.165, 1.54) is 18.2 Å². The summed E-state index contributed by atoms with van der Waals surface area (Å²) in [6.45, 7) is 0.495. The molecule has 3 N–H and O–H groups in total. The SMILES string of the molecule is NCC1CCCC1NS(=O)(=O)c1ccc(Cl)c(Cl)c1. The number of hydrogen-bond acceptors (Lipinski definition) is 3. The molecule has 0 saturated heterocycles. The maximum absolute atomic E-state index is 12.3. The van der Waals surface area contributed by atoms with Crippen molar-refractivity contribution < 1.29 is 8.42 Å². The van der Waals surface area contributed by atoms with E-state index in [1.807, 2.05) is 0 Å². The summed E-state index contributed by atoms with van der Waals surface area (Å²) < 4.78 is 27.2. The molecule has 19 heavy (non-hydrogen) atoms. The summed E-state index contributed by atoms with van der Waals surface area (Å²) in [7, 11) is -3.57. The van der Waals surface area contributed by atoms with Gasteiger partial charge in [0.15, 0.2) is 0 Å². The fourth-order valence-electron chi connectivity index (χ4n) is 2.39. The molecule has 0 heterocycles. The van der Waals surface area contributed by atoms with Crippen molar-refractivity contribution in [2.24, 2.45) is 11.7 Å². The van der Waals surface area contributed by atoms with Crippen LogP contribution < -0.4 is 10.5 Å². The van der Waals surface area contributed by atoms with Crippen LogP contribution in [0.2, 0.25) is 10.0 Å². The van der Waals surface area contributed by atoms with Crippen LogP contribution in [0.4, 0.5) is 0 Å². The van der Waals surface area contributed by atoms with Crippen LogP contribution in [-0.4, -0.2) is 21.0 Å². The largest absolute Gasteiger partial charge is 0.330 e. The van der Waals surface area contributed by atoms with Crippen LogP contribution in [0.1, 0.15) is 19.3 Å². The maximum atomic E-state index is 12.3. The topological polar surface area (TPSA) is 72.2 Å². The van der Waals surface area contributed by atoms with Crippen molar-refractivity contribution in [3.05, 3.63) is 28.2 Å². The first-order valence-electron chi connectivity index (χ1n) is 6.11. The van der Waals surface area contributed by atoms with Gasteiger partial charge < -0.3 is 5.73 Å². The van der Waals surface area contributed by atoms with Gasteiger partial charge in [-0.2, -0.15) is 0 Å². The highest BCUT2D eigenvalue weighted by Gasteiger charge is 2.30. The molecule has 2 unspecified atom stereocenters. The lowest BCUT2D eigenvalue weighted by Gasteiger charge is -2.19. The molecule has 1 saturated carbocycles. The molecule has 1 aromatic carbocycles. The van der Waals surface area contributed by atoms with Gasteiger partial charge in [0, 0.05) is 6.04 Å². The molecule has 1 fully saturated rings. The second-order valence-corrected chi connectivity index (χ2v) is 7.26. The summed E-state index contributed by atoms with van der Waals surface area (Å²) in [6.07, 6.45) is 2.78. The molecule has 2 atom stereocenters. The Bertz CT molecular complexity index is 563. The zero-order chi connectivity index (χ0) is 14.0. The van der Waals surface area contributed by atoms with E-state index in [0.717, 1.165) is 19.3 Å². The Kier molecular flexibility index (Phi) is 4.74. The smallest absolute Gasteiger partial charge is 0.240 e. The van der Waals surface area contributed by atoms with Crippen LogP contribution in [0.3, 0.4) is 0 Å². The number of hydrogen-bond donors (Lipinski definition) is 2. The van der Waals surface area contributed by atoms with E-state index in [9.17, 15) is 8.42 Å². The molecule has 1 aromatic rings. The maximum Gasteiger partial charge on any atom is 0.240 e. The van der Waals surface area contributed by atoms with Crippen molar-refractivity contribution >= 4 is 33.2 Å². The third-order valence-electron chi connectivity index (χ3n) is 3.47. The standard InChI is InChI=1S/C12H16Cl2N2O2S/c13-10-5-4-9(6-11(10)14)19(17,18)16-12-3-1-2-8(12)7-15/h4-6,8,12,16H,1-3,7,15H2. The average molecular weight is 323 g/mol. The van der Waals surface area contributed by atoms with Gasteiger partial charge in [-0.05, 0) is 43.5 Å². The van der Waals surface area contributed by atoms with Crippen LogP contribution in [-0.2, 0) is 10.0 Å². The van der Waals surface area contributed by atoms with Gasteiger partial charge >= 0.3 is 0 Å². The number of halogens is 2. The van der Waals surface area contributed by atoms with Crippen LogP contribution in [0.15, 0.2) is 23.1 Å². The summed E-state index contributed by atoms with van der Waals surface area (Å²) in [5.41, 5.74) is 5.65. The Morgan fingerprint density at radius 1 is 1.26 bits per heavy atom. The third-order valence-corrected chi connectivity index (χ3v) is 5.70. The van der Waals surface area contributed by atoms with Gasteiger partial charge in [-0.15, -0.1) is 0 Å². The van der Waals surface area contributed by atoms with Crippen molar-refractivity contribution in [1.82, 2.24) is 4.72 Å². The molecule has 106 valence electrons. The Balaban J connectivity index is 2.20. The molecule has 2 rings (SSSR count). The van der Waals surface area contributed by atoms with Gasteiger partial charge in [0.1, 0.15) is 0 Å². The average Bonchev–Trinajstić information content (AvgIpc) is 2.79. The summed E-state index contributed by atoms with van der Waals surface area (Å²) in [4.78, 5) is 0.129. The first-order valence-corrected chi connectivity index (χ1v) is 8.35. The van der Waals surface area contributed by atoms with Crippen LogP contribution in [0.5, 0.6) is 0 Å². The Hall–Kier alpha value is -0.330. The highest BCUT2D eigenvalue weighted by molar-refractivity contribution is 7.89. The van der Waals surface area contributed by atoms with Gasteiger partial charge in [0.25, 0.3) is 0 Å². The lowest BCUT2D eigenvalue weighted by Crippen LogP contribution is -2.39. The highest BCUT2D eigenvalue weighted by atomic mass is 35.5. The number of nitrogens with one attached hydrogen (secondary N) is 1. The Morgan fingerprint density at radius 3 is 2.63 bits per heavy atom. The number of sulfonamides is 1. The van der Waals surface area contributed by atoms with E-state index in [0.29, 0.717) is 11.6 Å². The minimum Gasteiger partial charge on any atom is -0.330 e. The van der Waals surface area contributed by atoms with Crippen molar-refractivity contribution in [3.8, 4) is 0 Å². The summed E-state index contributed by atoms with van der Waals surface area (Å²) >= 11 is 11.6. The summed E-state index contributed by atoms with van der Waals surface area (Å²) in [5.74, 6) is 0.206. The monoisotopic (exact) mass is 322 g/mol. The first-order chi connectivity index (χ1) is 8.94. The van der Waals surface area contributed by atoms with Gasteiger partial charge in [-0.1, -0.05) is 29.6 Å². The van der Waals surface area contributed by atoms with E-state index in [4.69, 9.17) is 28.9 Å². The van der Waals surface area contributed by atoms with E-state index in [-0.39, 0.29) is 21.9 Å². The third kappa shape index (κ3) is 3.41. The summed E-state index contributed by atoms with van der Waals surface area (Å²) in [5, 5.41) is 0.563. The van der Waals surface area contributed by atoms with Gasteiger partial charge in [0.2, 0.25) is 10.0 Å². The van der Waals surface area contributed by atoms with Gasteiger partial charge in [-0.25, -0.2) is 13.1 Å². The highest BCUT2D eigenvalue weighted by Crippen LogP contribution is 2.28. The molecular formula is C12H16Cl2N2O2S. The molecule has 0 spiro atoms. The molecule has 1 aliphatic carbocycles. The molecule has 0 radical (unpaired) electrons. The predicted molar refractivity (Wildman–Crippen MR) is 77.0 cm³/mol. The number of rotatable bonds is 4. The zero-order valence-corrected chi connectivity index (χ0v) is 12.6. The number of benzene rings is 1. The van der Waals surface area contributed by atoms with Crippen molar-refractivity contribution in [1.29, 1.82) is 0 Å². The van der Waals surface area contributed by atoms with Gasteiger partial charge in [-0.3, -0.25) is 0 Å². The molecule has 0 aromatic heterocycles. The molecule has 0 bridgehead atoms. The van der Waals surface area contributed by atoms with Crippen LogP contribution in [0, 0.1) is 5.92 Å². The Labute approximate surface area is 123 Å². The normalized spacial score (nSPS) is 23.7. The van der Waals surface area contributed by atoms with E-state index >= 15 is 0 Å². The fourth-order valence-corrected chi connectivity index (χ4v) is 4.11. The van der Waals surface area contributed by atoms with Crippen LogP contribution >= 0.6 is 23.2 Å². The van der Waals surface area contributed by atoms with Crippen LogP contribution in [0.25, 0.3) is 0 Å². The van der Waals surface area contributed by atoms with E-state index < -0.39 is 10.0 Å². The molecule has 7 heteroatoms. The minimum absolute atomic E-state index is 0.0931. The lowest BCUT2D eigenvalue weighted by molar-refractivity contribution is 0.453. The number of nitrogens with two attached hydrogens (primary N) is 1. The fraction of sp³-hybridized carbons (Fsp3) is 0.500. The quantitative estimate of drug-likeness (QED) is 0.894. The minimum atomic E-state index is -3.57. The van der Waals surface area contributed by atoms with E-state index in [1.54, 1.807) is 0 Å². The predicted octanol–water partition coefficient (Wildman–Crippen LogP) is 2.40. The van der Waals surface area contributed by atoms with Crippen molar-refractivity contribution in [2.75, 3.05) is 6.54 Å². The molecular weight excluding hydrogens is 307 g/mol. The van der Waals surface area contributed by atoms with Crippen molar-refractivity contribution in [2.45, 2.75) is 30.2 Å². The zero-order valence-electron chi connectivity index (χ0n) is 10.3. The molecule has 0 aliphatic heterocycles. The molecule has 4 nitrogen and oxygen atoms in total. The second-order valence-electron chi connectivity index (χ2n) is 4.73. The van der Waals surface area contributed by atoms with Gasteiger partial charge in [0.05, 0.1) is 14.9 Å².